The molecule has 0 unspecified atom stereocenters. The monoisotopic (exact) mass is 280 g/mol. The standard InChI is InChI=1S/C14H17FN2OS/c1-9-8-10(15)2-5-12(9)14(18)17(11-3-4-11)7-6-13(16)19/h2,5,8,11H,3-4,6-7H2,1H3,(H2,16,19). The van der Waals surface area contributed by atoms with Gasteiger partial charge in [-0.3, -0.25) is 4.79 Å². The minimum Gasteiger partial charge on any atom is -0.393 e. The second kappa shape index (κ2) is 5.65. The van der Waals surface area contributed by atoms with E-state index in [4.69, 9.17) is 18.0 Å². The zero-order valence-electron chi connectivity index (χ0n) is 10.9. The summed E-state index contributed by atoms with van der Waals surface area (Å²) in [7, 11) is 0. The molecule has 1 aliphatic carbocycles. The maximum Gasteiger partial charge on any atom is 0.254 e. The second-order valence-electron chi connectivity index (χ2n) is 4.91. The highest BCUT2D eigenvalue weighted by molar-refractivity contribution is 7.80. The third kappa shape index (κ3) is 3.50. The zero-order valence-corrected chi connectivity index (χ0v) is 11.7. The van der Waals surface area contributed by atoms with Gasteiger partial charge in [0.05, 0.1) is 4.99 Å². The SMILES string of the molecule is Cc1cc(F)ccc1C(=O)N(CCC(N)=S)C1CC1. The lowest BCUT2D eigenvalue weighted by atomic mass is 10.1. The van der Waals surface area contributed by atoms with Gasteiger partial charge in [0, 0.05) is 24.6 Å². The topological polar surface area (TPSA) is 46.3 Å². The Kier molecular flexibility index (Phi) is 4.14. The van der Waals surface area contributed by atoms with Crippen molar-refractivity contribution >= 4 is 23.1 Å². The quantitative estimate of drug-likeness (QED) is 0.843. The van der Waals surface area contributed by atoms with Crippen molar-refractivity contribution < 1.29 is 9.18 Å². The Morgan fingerprint density at radius 1 is 1.53 bits per heavy atom. The highest BCUT2D eigenvalue weighted by atomic mass is 32.1. The van der Waals surface area contributed by atoms with Crippen LogP contribution in [-0.4, -0.2) is 28.4 Å². The van der Waals surface area contributed by atoms with Gasteiger partial charge in [0.1, 0.15) is 5.82 Å². The van der Waals surface area contributed by atoms with E-state index in [1.54, 1.807) is 17.9 Å². The van der Waals surface area contributed by atoms with Gasteiger partial charge in [-0.05, 0) is 43.5 Å². The van der Waals surface area contributed by atoms with Crippen LogP contribution in [-0.2, 0) is 0 Å². The third-order valence-corrected chi connectivity index (χ3v) is 3.47. The molecule has 1 aromatic rings. The zero-order chi connectivity index (χ0) is 14.0. The minimum atomic E-state index is -0.324. The number of amides is 1. The fourth-order valence-corrected chi connectivity index (χ4v) is 2.18. The van der Waals surface area contributed by atoms with Gasteiger partial charge in [-0.2, -0.15) is 0 Å². The number of halogens is 1. The third-order valence-electron chi connectivity index (χ3n) is 3.27. The number of thiocarbonyl (C=S) groups is 1. The molecule has 0 radical (unpaired) electrons. The Balaban J connectivity index is 2.16. The summed E-state index contributed by atoms with van der Waals surface area (Å²) in [6, 6.07) is 4.53. The number of hydrogen-bond acceptors (Lipinski definition) is 2. The predicted octanol–water partition coefficient (Wildman–Crippen LogP) is 2.41. The summed E-state index contributed by atoms with van der Waals surface area (Å²) < 4.78 is 13.1. The van der Waals surface area contributed by atoms with E-state index in [1.165, 1.54) is 12.1 Å². The average molecular weight is 280 g/mol. The molecule has 0 heterocycles. The summed E-state index contributed by atoms with van der Waals surface area (Å²) in [6.07, 6.45) is 2.56. The van der Waals surface area contributed by atoms with E-state index in [2.05, 4.69) is 0 Å². The van der Waals surface area contributed by atoms with Crippen LogP contribution in [0.15, 0.2) is 18.2 Å². The molecule has 1 fully saturated rings. The van der Waals surface area contributed by atoms with Gasteiger partial charge in [0.2, 0.25) is 0 Å². The second-order valence-corrected chi connectivity index (χ2v) is 5.43. The molecule has 2 N–H and O–H groups in total. The summed E-state index contributed by atoms with van der Waals surface area (Å²) in [5, 5.41) is 0. The Bertz CT molecular complexity index is 514. The van der Waals surface area contributed by atoms with Gasteiger partial charge < -0.3 is 10.6 Å². The van der Waals surface area contributed by atoms with E-state index in [0.29, 0.717) is 29.1 Å². The molecule has 1 amide bonds. The largest absolute Gasteiger partial charge is 0.393 e. The fraction of sp³-hybridized carbons (Fsp3) is 0.429. The maximum absolute atomic E-state index is 13.1. The highest BCUT2D eigenvalue weighted by Crippen LogP contribution is 2.29. The number of benzene rings is 1. The van der Waals surface area contributed by atoms with Gasteiger partial charge in [-0.25, -0.2) is 4.39 Å². The highest BCUT2D eigenvalue weighted by Gasteiger charge is 2.33. The smallest absolute Gasteiger partial charge is 0.254 e. The molecule has 1 aliphatic rings. The number of aryl methyl sites for hydroxylation is 1. The van der Waals surface area contributed by atoms with Crippen LogP contribution in [0.3, 0.4) is 0 Å². The molecule has 2 rings (SSSR count). The molecule has 0 bridgehead atoms. The first kappa shape index (κ1) is 13.9. The van der Waals surface area contributed by atoms with Crippen LogP contribution in [0.4, 0.5) is 4.39 Å². The lowest BCUT2D eigenvalue weighted by Gasteiger charge is -2.23. The number of carbonyl (C=O) groups excluding carboxylic acids is 1. The van der Waals surface area contributed by atoms with E-state index >= 15 is 0 Å². The molecule has 5 heteroatoms. The van der Waals surface area contributed by atoms with Crippen molar-refractivity contribution in [2.45, 2.75) is 32.2 Å². The molecular formula is C14H17FN2OS. The number of carbonyl (C=O) groups is 1. The van der Waals surface area contributed by atoms with Crippen molar-refractivity contribution in [3.05, 3.63) is 35.1 Å². The van der Waals surface area contributed by atoms with E-state index < -0.39 is 0 Å². The Morgan fingerprint density at radius 2 is 2.21 bits per heavy atom. The van der Waals surface area contributed by atoms with E-state index in [1.807, 2.05) is 0 Å². The number of nitrogens with two attached hydrogens (primary N) is 1. The predicted molar refractivity (Wildman–Crippen MR) is 76.6 cm³/mol. The van der Waals surface area contributed by atoms with E-state index in [-0.39, 0.29) is 17.8 Å². The Morgan fingerprint density at radius 3 is 2.74 bits per heavy atom. The molecule has 0 atom stereocenters. The van der Waals surface area contributed by atoms with Crippen LogP contribution >= 0.6 is 12.2 Å². The van der Waals surface area contributed by atoms with Crippen molar-refractivity contribution in [1.82, 2.24) is 4.90 Å². The maximum atomic E-state index is 13.1. The van der Waals surface area contributed by atoms with Crippen LogP contribution in [0.2, 0.25) is 0 Å². The van der Waals surface area contributed by atoms with E-state index in [0.717, 1.165) is 12.8 Å². The number of nitrogens with zero attached hydrogens (tertiary/aromatic N) is 1. The van der Waals surface area contributed by atoms with Crippen LogP contribution < -0.4 is 5.73 Å². The van der Waals surface area contributed by atoms with Gasteiger partial charge in [-0.1, -0.05) is 12.2 Å². The molecule has 19 heavy (non-hydrogen) atoms. The van der Waals surface area contributed by atoms with Gasteiger partial charge in [0.15, 0.2) is 0 Å². The normalized spacial score (nSPS) is 14.2. The summed E-state index contributed by atoms with van der Waals surface area (Å²) in [6.45, 7) is 2.28. The molecule has 102 valence electrons. The summed E-state index contributed by atoms with van der Waals surface area (Å²) in [5.41, 5.74) is 6.70. The fourth-order valence-electron chi connectivity index (χ4n) is 2.09. The lowest BCUT2D eigenvalue weighted by molar-refractivity contribution is 0.0747. The molecule has 3 nitrogen and oxygen atoms in total. The number of rotatable bonds is 5. The Hall–Kier alpha value is -1.49. The van der Waals surface area contributed by atoms with Crippen LogP contribution in [0, 0.1) is 12.7 Å². The van der Waals surface area contributed by atoms with Crippen LogP contribution in [0.25, 0.3) is 0 Å². The summed E-state index contributed by atoms with van der Waals surface area (Å²) in [5.74, 6) is -0.383. The number of hydrogen-bond donors (Lipinski definition) is 1. The summed E-state index contributed by atoms with van der Waals surface area (Å²) >= 11 is 4.86. The van der Waals surface area contributed by atoms with Crippen molar-refractivity contribution in [1.29, 1.82) is 0 Å². The molecule has 0 aromatic heterocycles. The van der Waals surface area contributed by atoms with Crippen molar-refractivity contribution in [2.24, 2.45) is 5.73 Å². The summed E-state index contributed by atoms with van der Waals surface area (Å²) in [4.78, 5) is 14.7. The minimum absolute atomic E-state index is 0.0590. The molecule has 0 spiro atoms. The average Bonchev–Trinajstić information content (AvgIpc) is 3.13. The van der Waals surface area contributed by atoms with Crippen molar-refractivity contribution in [2.75, 3.05) is 6.54 Å². The molecule has 0 aliphatic heterocycles. The van der Waals surface area contributed by atoms with Gasteiger partial charge in [0.25, 0.3) is 5.91 Å². The van der Waals surface area contributed by atoms with Crippen LogP contribution in [0.1, 0.15) is 35.2 Å². The lowest BCUT2D eigenvalue weighted by Crippen LogP contribution is -2.36. The Labute approximate surface area is 117 Å². The van der Waals surface area contributed by atoms with Crippen molar-refractivity contribution in [3.8, 4) is 0 Å². The molecular weight excluding hydrogens is 263 g/mol. The van der Waals surface area contributed by atoms with Crippen molar-refractivity contribution in [3.63, 3.8) is 0 Å². The van der Waals surface area contributed by atoms with Crippen LogP contribution in [0.5, 0.6) is 0 Å². The van der Waals surface area contributed by atoms with Gasteiger partial charge in [-0.15, -0.1) is 0 Å². The first-order valence-electron chi connectivity index (χ1n) is 6.34. The molecule has 0 saturated heterocycles. The molecule has 1 saturated carbocycles. The first-order chi connectivity index (χ1) is 8.99. The van der Waals surface area contributed by atoms with E-state index in [9.17, 15) is 9.18 Å². The first-order valence-corrected chi connectivity index (χ1v) is 6.75. The van der Waals surface area contributed by atoms with Gasteiger partial charge >= 0.3 is 0 Å². The molecule has 1 aromatic carbocycles.